The van der Waals surface area contributed by atoms with E-state index in [1.54, 1.807) is 31.2 Å². The van der Waals surface area contributed by atoms with Crippen molar-refractivity contribution in [3.8, 4) is 11.5 Å². The highest BCUT2D eigenvalue weighted by Crippen LogP contribution is 2.40. The molecule has 0 aliphatic heterocycles. The lowest BCUT2D eigenvalue weighted by Crippen LogP contribution is -2.29. The molecule has 0 saturated carbocycles. The molecule has 0 fully saturated rings. The number of methoxy groups -OCH3 is 1. The summed E-state index contributed by atoms with van der Waals surface area (Å²) in [6.45, 7) is 1.68. The fourth-order valence-corrected chi connectivity index (χ4v) is 3.08. The van der Waals surface area contributed by atoms with Gasteiger partial charge in [-0.15, -0.1) is 0 Å². The summed E-state index contributed by atoms with van der Waals surface area (Å²) in [6.07, 6.45) is 1.59. The smallest absolute Gasteiger partial charge is 0.279 e. The third-order valence-corrected chi connectivity index (χ3v) is 4.44. The topological polar surface area (TPSA) is 117 Å². The van der Waals surface area contributed by atoms with Crippen molar-refractivity contribution in [3.63, 3.8) is 0 Å². The zero-order valence-corrected chi connectivity index (χ0v) is 15.3. The summed E-state index contributed by atoms with van der Waals surface area (Å²) in [4.78, 5) is 27.2. The van der Waals surface area contributed by atoms with E-state index in [1.165, 1.54) is 31.5 Å². The van der Waals surface area contributed by atoms with E-state index in [9.17, 15) is 20.0 Å². The van der Waals surface area contributed by atoms with Crippen molar-refractivity contribution in [1.82, 2.24) is 10.3 Å². The van der Waals surface area contributed by atoms with Crippen LogP contribution in [0.2, 0.25) is 0 Å². The number of fused-ring (bicyclic) bond motifs is 1. The van der Waals surface area contributed by atoms with E-state index in [4.69, 9.17) is 4.74 Å². The predicted molar refractivity (Wildman–Crippen MR) is 101 cm³/mol. The Labute approximate surface area is 160 Å². The van der Waals surface area contributed by atoms with Gasteiger partial charge in [-0.2, -0.15) is 0 Å². The molecule has 28 heavy (non-hydrogen) atoms. The van der Waals surface area contributed by atoms with Gasteiger partial charge >= 0.3 is 0 Å². The van der Waals surface area contributed by atoms with Crippen LogP contribution in [0.4, 0.5) is 5.69 Å². The molecule has 0 aliphatic carbocycles. The highest BCUT2D eigenvalue weighted by molar-refractivity contribution is 5.93. The van der Waals surface area contributed by atoms with Gasteiger partial charge in [-0.3, -0.25) is 19.9 Å². The number of nitrogens with zero attached hydrogens (tertiary/aromatic N) is 2. The van der Waals surface area contributed by atoms with Crippen molar-refractivity contribution in [1.29, 1.82) is 0 Å². The number of carbonyl (C=O) groups excluding carboxylic acids is 1. The zero-order chi connectivity index (χ0) is 20.3. The molecule has 0 radical (unpaired) electrons. The first-order valence-corrected chi connectivity index (χ1v) is 8.63. The number of rotatable bonds is 6. The number of aromatic nitrogens is 1. The number of pyridine rings is 1. The molecule has 144 valence electrons. The average Bonchev–Trinajstić information content (AvgIpc) is 2.72. The van der Waals surface area contributed by atoms with Gasteiger partial charge < -0.3 is 15.2 Å². The van der Waals surface area contributed by atoms with Gasteiger partial charge in [-0.1, -0.05) is 30.9 Å². The predicted octanol–water partition coefficient (Wildman–Crippen LogP) is 2.84. The van der Waals surface area contributed by atoms with Crippen molar-refractivity contribution in [2.75, 3.05) is 7.11 Å². The number of non-ortho nitro benzene ring substituents is 1. The van der Waals surface area contributed by atoms with E-state index in [-0.39, 0.29) is 34.5 Å². The average molecular weight is 380 g/mol. The molecule has 0 aliphatic rings. The van der Waals surface area contributed by atoms with Crippen LogP contribution in [-0.4, -0.2) is 22.9 Å². The van der Waals surface area contributed by atoms with E-state index in [1.807, 2.05) is 0 Å². The number of hydrogen-bond donors (Lipinski definition) is 1. The van der Waals surface area contributed by atoms with Gasteiger partial charge in [0.15, 0.2) is 0 Å². The third-order valence-electron chi connectivity index (χ3n) is 4.44. The summed E-state index contributed by atoms with van der Waals surface area (Å²) in [6, 6.07) is 10.2. The van der Waals surface area contributed by atoms with Crippen LogP contribution >= 0.6 is 0 Å². The largest absolute Gasteiger partial charge is 0.871 e. The number of amides is 1. The minimum atomic E-state index is -0.916. The minimum absolute atomic E-state index is 0.0163. The number of nitro benzene ring substituents is 1. The van der Waals surface area contributed by atoms with Gasteiger partial charge in [0.2, 0.25) is 5.91 Å². The molecule has 1 atom stereocenters. The van der Waals surface area contributed by atoms with E-state index < -0.39 is 16.7 Å². The maximum atomic E-state index is 13.1. The van der Waals surface area contributed by atoms with Gasteiger partial charge in [-0.25, -0.2) is 0 Å². The normalized spacial score (nSPS) is 11.8. The van der Waals surface area contributed by atoms with Crippen LogP contribution in [0.15, 0.2) is 48.7 Å². The molecule has 0 unspecified atom stereocenters. The van der Waals surface area contributed by atoms with Crippen LogP contribution in [-0.2, 0) is 4.79 Å². The van der Waals surface area contributed by atoms with Gasteiger partial charge in [0, 0.05) is 24.2 Å². The standard InChI is InChI=1S/C20H19N3O5/c1-3-17(24)22-18(13-7-4-5-9-16(13)28-2)14-11-15(23(26)27)12-8-6-10-21-19(12)20(14)25/h4-11,18,25H,3H2,1-2H3,(H,22,24)/p-1/t18-/m0/s1. The quantitative estimate of drug-likeness (QED) is 0.519. The van der Waals surface area contributed by atoms with Crippen molar-refractivity contribution in [2.45, 2.75) is 19.4 Å². The molecule has 1 aromatic heterocycles. The Morgan fingerprint density at radius 2 is 2.00 bits per heavy atom. The first-order valence-electron chi connectivity index (χ1n) is 8.63. The van der Waals surface area contributed by atoms with Crippen LogP contribution < -0.4 is 15.2 Å². The number of hydrogen-bond acceptors (Lipinski definition) is 6. The molecule has 2 aromatic carbocycles. The second-order valence-electron chi connectivity index (χ2n) is 6.07. The molecular weight excluding hydrogens is 362 g/mol. The zero-order valence-electron chi connectivity index (χ0n) is 15.3. The Morgan fingerprint density at radius 1 is 1.25 bits per heavy atom. The lowest BCUT2D eigenvalue weighted by Gasteiger charge is -2.26. The number of ether oxygens (including phenoxy) is 1. The molecule has 8 nitrogen and oxygen atoms in total. The Kier molecular flexibility index (Phi) is 5.39. The number of benzene rings is 2. The van der Waals surface area contributed by atoms with Crippen LogP contribution in [0, 0.1) is 10.1 Å². The molecule has 3 rings (SSSR count). The molecule has 1 heterocycles. The van der Waals surface area contributed by atoms with Gasteiger partial charge in [0.1, 0.15) is 5.75 Å². The number of nitro groups is 1. The van der Waals surface area contributed by atoms with Crippen molar-refractivity contribution in [3.05, 3.63) is 69.9 Å². The summed E-state index contributed by atoms with van der Waals surface area (Å²) in [5, 5.41) is 27.6. The highest BCUT2D eigenvalue weighted by Gasteiger charge is 2.25. The molecular formula is C20H18N3O5-. The lowest BCUT2D eigenvalue weighted by molar-refractivity contribution is -0.383. The number of carbonyl (C=O) groups is 1. The summed E-state index contributed by atoms with van der Waals surface area (Å²) < 4.78 is 5.37. The van der Waals surface area contributed by atoms with Crippen LogP contribution in [0.1, 0.15) is 30.5 Å². The first-order chi connectivity index (χ1) is 13.5. The van der Waals surface area contributed by atoms with Crippen molar-refractivity contribution >= 4 is 22.5 Å². The van der Waals surface area contributed by atoms with Crippen molar-refractivity contribution < 1.29 is 19.6 Å². The monoisotopic (exact) mass is 380 g/mol. The van der Waals surface area contributed by atoms with E-state index >= 15 is 0 Å². The van der Waals surface area contributed by atoms with Crippen LogP contribution in [0.25, 0.3) is 10.9 Å². The van der Waals surface area contributed by atoms with Gasteiger partial charge in [0.25, 0.3) is 5.69 Å². The molecule has 0 spiro atoms. The second-order valence-corrected chi connectivity index (χ2v) is 6.07. The molecule has 0 saturated heterocycles. The maximum Gasteiger partial charge on any atom is 0.279 e. The Bertz CT molecular complexity index is 1050. The van der Waals surface area contributed by atoms with E-state index in [0.717, 1.165) is 0 Å². The lowest BCUT2D eigenvalue weighted by atomic mass is 9.94. The summed E-state index contributed by atoms with van der Waals surface area (Å²) >= 11 is 0. The molecule has 1 N–H and O–H groups in total. The molecule has 0 bridgehead atoms. The molecule has 8 heteroatoms. The highest BCUT2D eigenvalue weighted by atomic mass is 16.6. The Balaban J connectivity index is 2.31. The Hall–Kier alpha value is -3.68. The maximum absolute atomic E-state index is 13.1. The summed E-state index contributed by atoms with van der Waals surface area (Å²) in [5.41, 5.74) is 0.318. The molecule has 1 amide bonds. The summed E-state index contributed by atoms with van der Waals surface area (Å²) in [5.74, 6) is -0.334. The van der Waals surface area contributed by atoms with Crippen LogP contribution in [0.5, 0.6) is 11.5 Å². The second kappa shape index (κ2) is 7.91. The number of para-hydroxylation sites is 1. The summed E-state index contributed by atoms with van der Waals surface area (Å²) in [7, 11) is 1.47. The third kappa shape index (κ3) is 3.44. The number of nitrogens with one attached hydrogen (secondary N) is 1. The van der Waals surface area contributed by atoms with Crippen LogP contribution in [0.3, 0.4) is 0 Å². The fraction of sp³-hybridized carbons (Fsp3) is 0.200. The first kappa shape index (κ1) is 19.1. The van der Waals surface area contributed by atoms with E-state index in [2.05, 4.69) is 10.3 Å². The molecule has 3 aromatic rings. The fourth-order valence-electron chi connectivity index (χ4n) is 3.08. The SMILES string of the molecule is CCC(=O)N[C@@H](c1ccccc1OC)c1cc([N+](=O)[O-])c2cccnc2c1[O-]. The van der Waals surface area contributed by atoms with E-state index in [0.29, 0.717) is 11.3 Å². The van der Waals surface area contributed by atoms with Gasteiger partial charge in [-0.05, 0) is 23.8 Å². The minimum Gasteiger partial charge on any atom is -0.871 e. The van der Waals surface area contributed by atoms with Crippen molar-refractivity contribution in [2.24, 2.45) is 0 Å². The Morgan fingerprint density at radius 3 is 2.68 bits per heavy atom. The van der Waals surface area contributed by atoms with Gasteiger partial charge in [0.05, 0.1) is 29.0 Å².